The highest BCUT2D eigenvalue weighted by Crippen LogP contribution is 2.19. The summed E-state index contributed by atoms with van der Waals surface area (Å²) in [6, 6.07) is 6.44. The first-order chi connectivity index (χ1) is 11.5. The molecule has 1 aromatic heterocycles. The Bertz CT molecular complexity index is 698. The number of carbonyl (C=O) groups excluding carboxylic acids is 2. The molecule has 2 aromatic rings. The van der Waals surface area contributed by atoms with Gasteiger partial charge in [-0.15, -0.1) is 4.80 Å². The minimum absolute atomic E-state index is 0.00405. The van der Waals surface area contributed by atoms with E-state index < -0.39 is 5.97 Å². The van der Waals surface area contributed by atoms with Gasteiger partial charge in [-0.3, -0.25) is 0 Å². The zero-order valence-corrected chi connectivity index (χ0v) is 13.6. The summed E-state index contributed by atoms with van der Waals surface area (Å²) in [6.45, 7) is 1.86. The summed E-state index contributed by atoms with van der Waals surface area (Å²) in [5.41, 5.74) is 0.625. The van der Waals surface area contributed by atoms with Crippen LogP contribution in [0, 0.1) is 0 Å². The topological polar surface area (TPSA) is 111 Å². The second-order valence-electron chi connectivity index (χ2n) is 4.86. The van der Waals surface area contributed by atoms with Crippen LogP contribution in [0.25, 0.3) is 0 Å². The molecule has 0 radical (unpaired) electrons. The number of carbonyl (C=O) groups is 2. The lowest BCUT2D eigenvalue weighted by Gasteiger charge is -2.12. The second kappa shape index (κ2) is 7.90. The highest BCUT2D eigenvalue weighted by molar-refractivity contribution is 5.88. The van der Waals surface area contributed by atoms with Gasteiger partial charge >= 0.3 is 18.0 Å². The second-order valence-corrected chi connectivity index (χ2v) is 4.86. The number of amides is 2. The van der Waals surface area contributed by atoms with Crippen molar-refractivity contribution >= 4 is 17.7 Å². The summed E-state index contributed by atoms with van der Waals surface area (Å²) in [5, 5.41) is 14.0. The average molecular weight is 334 g/mol. The Labute approximate surface area is 138 Å². The molecule has 0 saturated heterocycles. The number of esters is 1. The molecular weight excluding hydrogens is 316 g/mol. The van der Waals surface area contributed by atoms with Crippen LogP contribution in [0.5, 0.6) is 11.8 Å². The molecule has 2 rings (SSSR count). The number of anilines is 1. The molecule has 0 spiro atoms. The minimum atomic E-state index is -0.456. The maximum absolute atomic E-state index is 11.5. The number of urea groups is 1. The molecule has 2 amide bonds. The third-order valence-corrected chi connectivity index (χ3v) is 2.73. The number of benzene rings is 1. The highest BCUT2D eigenvalue weighted by atomic mass is 16.5. The summed E-state index contributed by atoms with van der Waals surface area (Å²) in [5.74, 6) is 0.0102. The van der Waals surface area contributed by atoms with E-state index in [0.717, 1.165) is 4.80 Å². The maximum Gasteiger partial charge on any atom is 0.361 e. The average Bonchev–Trinajstić information content (AvgIpc) is 2.96. The standard InChI is InChI=1S/C14H18N6O4/c1-4-23-12(21)9-20-17-13(16-18-20)24-11-7-5-10(6-8-11)15-14(22)19(2)3/h5-8H,4,9H2,1-3H3,(H,15,22). The Morgan fingerprint density at radius 3 is 2.58 bits per heavy atom. The van der Waals surface area contributed by atoms with Gasteiger partial charge in [-0.2, -0.15) is 0 Å². The van der Waals surface area contributed by atoms with Crippen LogP contribution >= 0.6 is 0 Å². The van der Waals surface area contributed by atoms with Crippen molar-refractivity contribution in [3.8, 4) is 11.8 Å². The summed E-state index contributed by atoms with van der Waals surface area (Å²) in [7, 11) is 3.30. The fourth-order valence-electron chi connectivity index (χ4n) is 1.61. The van der Waals surface area contributed by atoms with Crippen LogP contribution in [0.2, 0.25) is 0 Å². The molecule has 0 aliphatic heterocycles. The van der Waals surface area contributed by atoms with E-state index >= 15 is 0 Å². The van der Waals surface area contributed by atoms with Crippen LogP contribution in [-0.4, -0.2) is 57.8 Å². The molecule has 0 bridgehead atoms. The van der Waals surface area contributed by atoms with E-state index in [1.54, 1.807) is 45.3 Å². The van der Waals surface area contributed by atoms with Gasteiger partial charge in [0.1, 0.15) is 5.75 Å². The molecule has 128 valence electrons. The molecule has 1 N–H and O–H groups in total. The summed E-state index contributed by atoms with van der Waals surface area (Å²) >= 11 is 0. The van der Waals surface area contributed by atoms with Gasteiger partial charge in [0.25, 0.3) is 0 Å². The predicted octanol–water partition coefficient (Wildman–Crippen LogP) is 1.12. The number of hydrogen-bond donors (Lipinski definition) is 1. The number of nitrogens with zero attached hydrogens (tertiary/aromatic N) is 5. The van der Waals surface area contributed by atoms with Crippen molar-refractivity contribution in [2.75, 3.05) is 26.0 Å². The van der Waals surface area contributed by atoms with Crippen molar-refractivity contribution in [2.24, 2.45) is 0 Å². The van der Waals surface area contributed by atoms with Crippen LogP contribution < -0.4 is 10.1 Å². The molecule has 1 heterocycles. The molecule has 0 aliphatic carbocycles. The maximum atomic E-state index is 11.5. The van der Waals surface area contributed by atoms with E-state index in [4.69, 9.17) is 9.47 Å². The number of ether oxygens (including phenoxy) is 2. The van der Waals surface area contributed by atoms with Gasteiger partial charge < -0.3 is 19.7 Å². The molecule has 10 nitrogen and oxygen atoms in total. The summed E-state index contributed by atoms with van der Waals surface area (Å²) in [6.07, 6.45) is 0. The first-order valence-corrected chi connectivity index (χ1v) is 7.17. The molecular formula is C14H18N6O4. The van der Waals surface area contributed by atoms with Crippen molar-refractivity contribution in [1.29, 1.82) is 0 Å². The van der Waals surface area contributed by atoms with Crippen LogP contribution in [0.3, 0.4) is 0 Å². The Hall–Kier alpha value is -3.17. The lowest BCUT2D eigenvalue weighted by atomic mass is 10.3. The third kappa shape index (κ3) is 4.93. The lowest BCUT2D eigenvalue weighted by molar-refractivity contribution is -0.144. The number of rotatable bonds is 6. The van der Waals surface area contributed by atoms with E-state index in [2.05, 4.69) is 20.7 Å². The SMILES string of the molecule is CCOC(=O)Cn1nnc(Oc2ccc(NC(=O)N(C)C)cc2)n1. The van der Waals surface area contributed by atoms with Crippen LogP contribution in [0.15, 0.2) is 24.3 Å². The summed E-state index contributed by atoms with van der Waals surface area (Å²) < 4.78 is 10.2. The Morgan fingerprint density at radius 1 is 1.25 bits per heavy atom. The normalized spacial score (nSPS) is 10.1. The van der Waals surface area contributed by atoms with Gasteiger partial charge in [-0.1, -0.05) is 10.2 Å². The van der Waals surface area contributed by atoms with Crippen molar-refractivity contribution in [3.05, 3.63) is 24.3 Å². The molecule has 10 heteroatoms. The first-order valence-electron chi connectivity index (χ1n) is 7.17. The molecule has 0 fully saturated rings. The fourth-order valence-corrected chi connectivity index (χ4v) is 1.61. The van der Waals surface area contributed by atoms with E-state index in [1.165, 1.54) is 4.90 Å². The molecule has 0 aliphatic rings. The van der Waals surface area contributed by atoms with Gasteiger partial charge in [-0.25, -0.2) is 9.59 Å². The number of hydrogen-bond acceptors (Lipinski definition) is 7. The Morgan fingerprint density at radius 2 is 1.96 bits per heavy atom. The van der Waals surface area contributed by atoms with Crippen LogP contribution in [-0.2, 0) is 16.1 Å². The Balaban J connectivity index is 1.93. The van der Waals surface area contributed by atoms with Crippen molar-refractivity contribution < 1.29 is 19.1 Å². The van der Waals surface area contributed by atoms with Crippen molar-refractivity contribution in [1.82, 2.24) is 25.1 Å². The van der Waals surface area contributed by atoms with Crippen LogP contribution in [0.1, 0.15) is 6.92 Å². The van der Waals surface area contributed by atoms with Gasteiger partial charge in [0.15, 0.2) is 6.54 Å². The Kier molecular flexibility index (Phi) is 5.66. The largest absolute Gasteiger partial charge is 0.465 e. The zero-order valence-electron chi connectivity index (χ0n) is 13.6. The van der Waals surface area contributed by atoms with Gasteiger partial charge in [0.05, 0.1) is 6.61 Å². The first kappa shape index (κ1) is 17.2. The predicted molar refractivity (Wildman–Crippen MR) is 83.7 cm³/mol. The summed E-state index contributed by atoms with van der Waals surface area (Å²) in [4.78, 5) is 25.4. The van der Waals surface area contributed by atoms with Crippen LogP contribution in [0.4, 0.5) is 10.5 Å². The minimum Gasteiger partial charge on any atom is -0.465 e. The molecule has 24 heavy (non-hydrogen) atoms. The van der Waals surface area contributed by atoms with Gasteiger partial charge in [0, 0.05) is 19.8 Å². The van der Waals surface area contributed by atoms with E-state index in [1.807, 2.05) is 0 Å². The zero-order chi connectivity index (χ0) is 17.5. The van der Waals surface area contributed by atoms with E-state index in [0.29, 0.717) is 11.4 Å². The monoisotopic (exact) mass is 334 g/mol. The molecule has 0 unspecified atom stereocenters. The molecule has 0 saturated carbocycles. The number of tetrazole rings is 1. The third-order valence-electron chi connectivity index (χ3n) is 2.73. The fraction of sp³-hybridized carbons (Fsp3) is 0.357. The van der Waals surface area contributed by atoms with E-state index in [9.17, 15) is 9.59 Å². The van der Waals surface area contributed by atoms with Crippen molar-refractivity contribution in [2.45, 2.75) is 13.5 Å². The van der Waals surface area contributed by atoms with Crippen molar-refractivity contribution in [3.63, 3.8) is 0 Å². The lowest BCUT2D eigenvalue weighted by Crippen LogP contribution is -2.27. The quantitative estimate of drug-likeness (QED) is 0.788. The van der Waals surface area contributed by atoms with E-state index in [-0.39, 0.29) is 25.2 Å². The van der Waals surface area contributed by atoms with Gasteiger partial charge in [0.2, 0.25) is 0 Å². The molecule has 1 aromatic carbocycles. The smallest absolute Gasteiger partial charge is 0.361 e. The highest BCUT2D eigenvalue weighted by Gasteiger charge is 2.10. The van der Waals surface area contributed by atoms with Gasteiger partial charge in [-0.05, 0) is 36.4 Å². The number of aromatic nitrogens is 4. The number of nitrogens with one attached hydrogen (secondary N) is 1. The molecule has 0 atom stereocenters.